The summed E-state index contributed by atoms with van der Waals surface area (Å²) in [5.74, 6) is 0.178. The fraction of sp³-hybridized carbons (Fsp3) is 0. The van der Waals surface area contributed by atoms with Crippen LogP contribution in [-0.4, -0.2) is 8.96 Å². The number of rotatable bonds is 1. The van der Waals surface area contributed by atoms with Gasteiger partial charge in [0.05, 0.1) is 0 Å². The van der Waals surface area contributed by atoms with Gasteiger partial charge in [-0.3, -0.25) is 0 Å². The molecule has 0 radical (unpaired) electrons. The van der Waals surface area contributed by atoms with Gasteiger partial charge in [-0.1, -0.05) is 0 Å². The first-order chi connectivity index (χ1) is 3.84. The molecular weight excluding hydrogens is 129 g/mol. The maximum absolute atomic E-state index is 11.6. The van der Waals surface area contributed by atoms with Crippen molar-refractivity contribution in [1.29, 1.82) is 0 Å². The Morgan fingerprint density at radius 2 is 2.62 bits per heavy atom. The minimum Gasteiger partial charge on any atom is -0.368 e. The van der Waals surface area contributed by atoms with Gasteiger partial charge in [0.25, 0.3) is 0 Å². The summed E-state index contributed by atoms with van der Waals surface area (Å²) < 4.78 is 12.7. The molecule has 1 aromatic heterocycles. The summed E-state index contributed by atoms with van der Waals surface area (Å²) >= 11 is 0.0312. The summed E-state index contributed by atoms with van der Waals surface area (Å²) in [7, 11) is 0. The molecule has 5 heteroatoms. The van der Waals surface area contributed by atoms with Gasteiger partial charge < -0.3 is 5.73 Å². The predicted molar refractivity (Wildman–Crippen MR) is 30.7 cm³/mol. The fourth-order valence-corrected chi connectivity index (χ4v) is 0.580. The first-order valence-corrected chi connectivity index (χ1v) is 2.60. The lowest BCUT2D eigenvalue weighted by Gasteiger charge is -1.89. The van der Waals surface area contributed by atoms with Crippen LogP contribution in [0.3, 0.4) is 0 Å². The molecule has 0 amide bonds. The standard InChI is InChI=1S/C3H4FN3S/c4-8-7-2-1-6-3(7)5/h1-2H,(H2,5,6). The Morgan fingerprint density at radius 1 is 1.88 bits per heavy atom. The van der Waals surface area contributed by atoms with Crippen molar-refractivity contribution in [2.75, 3.05) is 5.73 Å². The van der Waals surface area contributed by atoms with Crippen LogP contribution in [0.1, 0.15) is 0 Å². The Labute approximate surface area is 50.1 Å². The van der Waals surface area contributed by atoms with Crippen LogP contribution in [0.5, 0.6) is 0 Å². The number of imidazole rings is 1. The number of nitrogens with two attached hydrogens (primary N) is 1. The molecule has 44 valence electrons. The highest BCUT2D eigenvalue weighted by Gasteiger charge is 1.93. The van der Waals surface area contributed by atoms with Crippen molar-refractivity contribution in [2.24, 2.45) is 0 Å². The highest BCUT2D eigenvalue weighted by atomic mass is 32.2. The molecule has 0 aliphatic carbocycles. The van der Waals surface area contributed by atoms with Crippen LogP contribution in [-0.2, 0) is 0 Å². The Kier molecular flexibility index (Phi) is 1.38. The van der Waals surface area contributed by atoms with Crippen molar-refractivity contribution < 1.29 is 3.89 Å². The lowest BCUT2D eigenvalue weighted by molar-refractivity contribution is 0.917. The molecular formula is C3H4FN3S. The zero-order chi connectivity index (χ0) is 5.98. The van der Waals surface area contributed by atoms with Gasteiger partial charge in [0.2, 0.25) is 5.95 Å². The number of hydrogen-bond donors (Lipinski definition) is 1. The molecule has 0 aromatic carbocycles. The van der Waals surface area contributed by atoms with Crippen molar-refractivity contribution in [3.8, 4) is 0 Å². The van der Waals surface area contributed by atoms with Crippen LogP contribution in [0.2, 0.25) is 0 Å². The van der Waals surface area contributed by atoms with Crippen LogP contribution in [0.25, 0.3) is 0 Å². The van der Waals surface area contributed by atoms with E-state index in [0.29, 0.717) is 0 Å². The van der Waals surface area contributed by atoms with Crippen LogP contribution in [0, 0.1) is 0 Å². The van der Waals surface area contributed by atoms with Crippen LogP contribution in [0.15, 0.2) is 12.4 Å². The highest BCUT2D eigenvalue weighted by molar-refractivity contribution is 7.92. The SMILES string of the molecule is Nc1nccn1SF. The van der Waals surface area contributed by atoms with Gasteiger partial charge in [0, 0.05) is 12.4 Å². The third-order valence-corrected chi connectivity index (χ3v) is 1.17. The van der Waals surface area contributed by atoms with E-state index in [0.717, 1.165) is 3.97 Å². The van der Waals surface area contributed by atoms with E-state index in [4.69, 9.17) is 5.73 Å². The lowest BCUT2D eigenvalue weighted by atomic mass is 11.0. The van der Waals surface area contributed by atoms with Gasteiger partial charge >= 0.3 is 0 Å². The van der Waals surface area contributed by atoms with Crippen molar-refractivity contribution in [3.63, 3.8) is 0 Å². The van der Waals surface area contributed by atoms with Gasteiger partial charge in [-0.25, -0.2) is 8.96 Å². The summed E-state index contributed by atoms with van der Waals surface area (Å²) in [5.41, 5.74) is 5.14. The minimum absolute atomic E-state index is 0.0312. The van der Waals surface area contributed by atoms with Crippen LogP contribution in [0.4, 0.5) is 9.83 Å². The Morgan fingerprint density at radius 3 is 2.88 bits per heavy atom. The molecule has 2 N–H and O–H groups in total. The smallest absolute Gasteiger partial charge is 0.212 e. The molecule has 0 unspecified atom stereocenters. The molecule has 0 saturated heterocycles. The summed E-state index contributed by atoms with van der Waals surface area (Å²) in [6.07, 6.45) is 2.88. The summed E-state index contributed by atoms with van der Waals surface area (Å²) in [4.78, 5) is 3.57. The molecule has 0 fully saturated rings. The summed E-state index contributed by atoms with van der Waals surface area (Å²) in [6, 6.07) is 0. The topological polar surface area (TPSA) is 43.8 Å². The van der Waals surface area contributed by atoms with Crippen molar-refractivity contribution in [1.82, 2.24) is 8.96 Å². The molecule has 1 heterocycles. The van der Waals surface area contributed by atoms with Crippen LogP contribution >= 0.6 is 12.3 Å². The minimum atomic E-state index is 0.0312. The van der Waals surface area contributed by atoms with Crippen molar-refractivity contribution in [3.05, 3.63) is 12.4 Å². The molecule has 0 saturated carbocycles. The average molecular weight is 133 g/mol. The van der Waals surface area contributed by atoms with E-state index < -0.39 is 0 Å². The quantitative estimate of drug-likeness (QED) is 0.617. The Hall–Kier alpha value is -0.710. The maximum Gasteiger partial charge on any atom is 0.212 e. The van der Waals surface area contributed by atoms with Crippen molar-refractivity contribution in [2.45, 2.75) is 0 Å². The van der Waals surface area contributed by atoms with Gasteiger partial charge in [-0.2, -0.15) is 0 Å². The number of hydrogen-bond acceptors (Lipinski definition) is 3. The van der Waals surface area contributed by atoms with Gasteiger partial charge in [0.15, 0.2) is 12.3 Å². The predicted octanol–water partition coefficient (Wildman–Crippen LogP) is 0.846. The molecule has 3 nitrogen and oxygen atoms in total. The number of aromatic nitrogens is 2. The third-order valence-electron chi connectivity index (χ3n) is 0.709. The van der Waals surface area contributed by atoms with Gasteiger partial charge in [0.1, 0.15) is 0 Å². The monoisotopic (exact) mass is 133 g/mol. The van der Waals surface area contributed by atoms with Gasteiger partial charge in [-0.15, -0.1) is 3.89 Å². The van der Waals surface area contributed by atoms with E-state index in [-0.39, 0.29) is 18.3 Å². The largest absolute Gasteiger partial charge is 0.368 e. The molecule has 1 aromatic rings. The Bertz CT molecular complexity index is 175. The van der Waals surface area contributed by atoms with Crippen LogP contribution < -0.4 is 5.73 Å². The highest BCUT2D eigenvalue weighted by Crippen LogP contribution is 2.10. The summed E-state index contributed by atoms with van der Waals surface area (Å²) in [6.45, 7) is 0. The normalized spacial score (nSPS) is 9.62. The van der Waals surface area contributed by atoms with E-state index in [1.54, 1.807) is 0 Å². The van der Waals surface area contributed by atoms with E-state index in [1.165, 1.54) is 12.4 Å². The second-order valence-corrected chi connectivity index (χ2v) is 1.71. The fourth-order valence-electron chi connectivity index (χ4n) is 0.362. The maximum atomic E-state index is 11.6. The molecule has 8 heavy (non-hydrogen) atoms. The van der Waals surface area contributed by atoms with E-state index >= 15 is 0 Å². The zero-order valence-corrected chi connectivity index (χ0v) is 4.73. The molecule has 1 rings (SSSR count). The first kappa shape index (κ1) is 5.43. The van der Waals surface area contributed by atoms with E-state index in [9.17, 15) is 3.89 Å². The zero-order valence-electron chi connectivity index (χ0n) is 3.91. The number of anilines is 1. The first-order valence-electron chi connectivity index (χ1n) is 1.92. The van der Waals surface area contributed by atoms with Gasteiger partial charge in [-0.05, 0) is 0 Å². The number of nitrogens with zero attached hydrogens (tertiary/aromatic N) is 2. The van der Waals surface area contributed by atoms with E-state index in [2.05, 4.69) is 4.98 Å². The average Bonchev–Trinajstić information content (AvgIpc) is 2.14. The number of halogens is 1. The molecule has 0 spiro atoms. The molecule has 0 aliphatic heterocycles. The van der Waals surface area contributed by atoms with E-state index in [1.807, 2.05) is 0 Å². The van der Waals surface area contributed by atoms with Crippen molar-refractivity contribution >= 4 is 18.3 Å². The third kappa shape index (κ3) is 0.764. The molecule has 0 atom stereocenters. The Balaban J connectivity index is 2.92. The second-order valence-electron chi connectivity index (χ2n) is 1.18. The molecule has 0 bridgehead atoms. The summed E-state index contributed by atoms with van der Waals surface area (Å²) in [5, 5.41) is 0. The second kappa shape index (κ2) is 2.04. The number of nitrogen functional groups attached to an aromatic ring is 1. The molecule has 0 aliphatic rings. The lowest BCUT2D eigenvalue weighted by Crippen LogP contribution is -1.92.